The first-order chi connectivity index (χ1) is 15.8. The molecule has 176 valence electrons. The van der Waals surface area contributed by atoms with E-state index in [0.29, 0.717) is 0 Å². The zero-order chi connectivity index (χ0) is 23.2. The number of aromatic amines is 1. The Kier molecular flexibility index (Phi) is 5.73. The zero-order valence-corrected chi connectivity index (χ0v) is 20.0. The summed E-state index contributed by atoms with van der Waals surface area (Å²) >= 11 is 0. The number of rotatable bonds is 5. The standard InChI is InChI=1S/C25H31N3O4S/c1-17-14-23(31-2)21(20-8-11-27-24(17)20)16-28-12-10-25(9-3-13-32-25)15-22(28)18-4-6-19(7-5-18)33(26,29)30/h4-8,11,14,22,27H,3,9-10,12-13,15-16H2,1-2H3,(H2,26,29,30)/t22-,25?/m0/s1. The molecular weight excluding hydrogens is 438 g/mol. The van der Waals surface area contributed by atoms with Crippen LogP contribution >= 0.6 is 0 Å². The van der Waals surface area contributed by atoms with Crippen molar-refractivity contribution in [2.24, 2.45) is 5.14 Å². The number of hydrogen-bond acceptors (Lipinski definition) is 5. The van der Waals surface area contributed by atoms with Gasteiger partial charge >= 0.3 is 0 Å². The fraction of sp³-hybridized carbons (Fsp3) is 0.440. The number of H-pyrrole nitrogens is 1. The Morgan fingerprint density at radius 2 is 2.03 bits per heavy atom. The first-order valence-corrected chi connectivity index (χ1v) is 13.0. The number of aryl methyl sites for hydroxylation is 1. The highest BCUT2D eigenvalue weighted by Gasteiger charge is 2.43. The molecule has 0 amide bonds. The van der Waals surface area contributed by atoms with E-state index in [2.05, 4.69) is 28.9 Å². The second-order valence-corrected chi connectivity index (χ2v) is 10.9. The monoisotopic (exact) mass is 469 g/mol. The largest absolute Gasteiger partial charge is 0.496 e. The molecule has 2 atom stereocenters. The van der Waals surface area contributed by atoms with Crippen LogP contribution in [0.1, 0.15) is 48.4 Å². The van der Waals surface area contributed by atoms with Gasteiger partial charge in [0, 0.05) is 48.4 Å². The number of hydrogen-bond donors (Lipinski definition) is 2. The molecule has 2 saturated heterocycles. The molecule has 3 aromatic rings. The maximum Gasteiger partial charge on any atom is 0.238 e. The smallest absolute Gasteiger partial charge is 0.238 e. The Morgan fingerprint density at radius 1 is 1.24 bits per heavy atom. The van der Waals surface area contributed by atoms with E-state index in [4.69, 9.17) is 14.6 Å². The van der Waals surface area contributed by atoms with Crippen molar-refractivity contribution in [3.8, 4) is 5.75 Å². The van der Waals surface area contributed by atoms with Crippen LogP contribution in [0.5, 0.6) is 5.75 Å². The van der Waals surface area contributed by atoms with Crippen molar-refractivity contribution >= 4 is 20.9 Å². The number of likely N-dealkylation sites (tertiary alicyclic amines) is 1. The van der Waals surface area contributed by atoms with Crippen molar-refractivity contribution in [3.05, 3.63) is 59.3 Å². The molecule has 1 unspecified atom stereocenters. The first kappa shape index (κ1) is 22.4. The second-order valence-electron chi connectivity index (χ2n) is 9.33. The van der Waals surface area contributed by atoms with Gasteiger partial charge in [0.25, 0.3) is 0 Å². The van der Waals surface area contributed by atoms with Gasteiger partial charge in [0.05, 0.1) is 17.6 Å². The third-order valence-corrected chi connectivity index (χ3v) is 8.26. The Hall–Kier alpha value is -2.39. The fourth-order valence-corrected chi connectivity index (χ4v) is 6.10. The molecule has 33 heavy (non-hydrogen) atoms. The lowest BCUT2D eigenvalue weighted by Crippen LogP contribution is -2.45. The SMILES string of the molecule is COc1cc(C)c2[nH]ccc2c1CN1CCC2(CCCO2)C[C@H]1c1ccc(S(N)(=O)=O)cc1. The lowest BCUT2D eigenvalue weighted by molar-refractivity contribution is -0.0676. The Bertz CT molecular complexity index is 1260. The zero-order valence-electron chi connectivity index (χ0n) is 19.1. The fourth-order valence-electron chi connectivity index (χ4n) is 5.58. The van der Waals surface area contributed by atoms with Crippen molar-refractivity contribution < 1.29 is 17.9 Å². The van der Waals surface area contributed by atoms with E-state index in [1.165, 1.54) is 5.39 Å². The summed E-state index contributed by atoms with van der Waals surface area (Å²) in [7, 11) is -2.00. The first-order valence-electron chi connectivity index (χ1n) is 11.4. The molecular formula is C25H31N3O4S. The third kappa shape index (κ3) is 4.17. The number of ether oxygens (including phenoxy) is 2. The number of piperidine rings is 1. The van der Waals surface area contributed by atoms with Crippen LogP contribution in [0.3, 0.4) is 0 Å². The summed E-state index contributed by atoms with van der Waals surface area (Å²) < 4.78 is 35.6. The highest BCUT2D eigenvalue weighted by atomic mass is 32.2. The number of benzene rings is 2. The topological polar surface area (TPSA) is 97.6 Å². The molecule has 5 rings (SSSR count). The van der Waals surface area contributed by atoms with Crippen molar-refractivity contribution in [1.82, 2.24) is 9.88 Å². The van der Waals surface area contributed by atoms with Gasteiger partial charge in [0.2, 0.25) is 10.0 Å². The summed E-state index contributed by atoms with van der Waals surface area (Å²) in [6.07, 6.45) is 6.01. The van der Waals surface area contributed by atoms with E-state index in [-0.39, 0.29) is 16.5 Å². The van der Waals surface area contributed by atoms with Crippen molar-refractivity contribution in [2.75, 3.05) is 20.3 Å². The molecule has 2 fully saturated rings. The van der Waals surface area contributed by atoms with Crippen LogP contribution in [0.4, 0.5) is 0 Å². The third-order valence-electron chi connectivity index (χ3n) is 7.33. The highest BCUT2D eigenvalue weighted by molar-refractivity contribution is 7.89. The van der Waals surface area contributed by atoms with E-state index in [0.717, 1.165) is 73.3 Å². The van der Waals surface area contributed by atoms with Crippen LogP contribution in [0, 0.1) is 6.92 Å². The Balaban J connectivity index is 1.53. The summed E-state index contributed by atoms with van der Waals surface area (Å²) in [5.41, 5.74) is 4.43. The van der Waals surface area contributed by atoms with Gasteiger partial charge in [-0.05, 0) is 68.0 Å². The van der Waals surface area contributed by atoms with Gasteiger partial charge in [-0.3, -0.25) is 4.90 Å². The normalized spacial score (nSPS) is 24.0. The van der Waals surface area contributed by atoms with E-state index in [9.17, 15) is 8.42 Å². The van der Waals surface area contributed by atoms with E-state index in [1.54, 1.807) is 19.2 Å². The van der Waals surface area contributed by atoms with E-state index in [1.807, 2.05) is 18.3 Å². The van der Waals surface area contributed by atoms with Crippen LogP contribution in [0.2, 0.25) is 0 Å². The van der Waals surface area contributed by atoms with Crippen LogP contribution in [0.25, 0.3) is 10.9 Å². The lowest BCUT2D eigenvalue weighted by Gasteiger charge is -2.45. The van der Waals surface area contributed by atoms with Gasteiger partial charge in [0.15, 0.2) is 0 Å². The van der Waals surface area contributed by atoms with Gasteiger partial charge in [-0.1, -0.05) is 12.1 Å². The number of fused-ring (bicyclic) bond motifs is 1. The molecule has 8 heteroatoms. The predicted octanol–water partition coefficient (Wildman–Crippen LogP) is 4.02. The summed E-state index contributed by atoms with van der Waals surface area (Å²) in [6.45, 7) is 4.52. The molecule has 2 aromatic carbocycles. The number of methoxy groups -OCH3 is 1. The predicted molar refractivity (Wildman–Crippen MR) is 128 cm³/mol. The van der Waals surface area contributed by atoms with E-state index < -0.39 is 10.0 Å². The number of nitrogens with zero attached hydrogens (tertiary/aromatic N) is 1. The molecule has 0 saturated carbocycles. The molecule has 2 aliphatic rings. The average molecular weight is 470 g/mol. The molecule has 3 heterocycles. The van der Waals surface area contributed by atoms with Crippen LogP contribution in [-0.2, 0) is 21.3 Å². The van der Waals surface area contributed by atoms with Crippen molar-refractivity contribution in [2.45, 2.75) is 55.7 Å². The molecule has 0 bridgehead atoms. The highest BCUT2D eigenvalue weighted by Crippen LogP contribution is 2.45. The molecule has 1 aromatic heterocycles. The van der Waals surface area contributed by atoms with Gasteiger partial charge in [-0.2, -0.15) is 0 Å². The summed E-state index contributed by atoms with van der Waals surface area (Å²) in [5, 5.41) is 6.49. The molecule has 0 radical (unpaired) electrons. The average Bonchev–Trinajstić information content (AvgIpc) is 3.47. The molecule has 2 aliphatic heterocycles. The van der Waals surface area contributed by atoms with Crippen molar-refractivity contribution in [3.63, 3.8) is 0 Å². The molecule has 1 spiro atoms. The number of sulfonamides is 1. The number of nitrogens with two attached hydrogens (primary N) is 1. The minimum absolute atomic E-state index is 0.0967. The van der Waals surface area contributed by atoms with E-state index >= 15 is 0 Å². The quantitative estimate of drug-likeness (QED) is 0.588. The number of nitrogens with one attached hydrogen (secondary N) is 1. The van der Waals surface area contributed by atoms with Gasteiger partial charge in [0.1, 0.15) is 5.75 Å². The minimum Gasteiger partial charge on any atom is -0.496 e. The van der Waals surface area contributed by atoms with Crippen molar-refractivity contribution in [1.29, 1.82) is 0 Å². The minimum atomic E-state index is -3.72. The second kappa shape index (κ2) is 8.43. The van der Waals surface area contributed by atoms with Gasteiger partial charge in [-0.15, -0.1) is 0 Å². The van der Waals surface area contributed by atoms with Crippen LogP contribution < -0.4 is 9.88 Å². The lowest BCUT2D eigenvalue weighted by atomic mass is 9.81. The van der Waals surface area contributed by atoms with Crippen LogP contribution in [0.15, 0.2) is 47.5 Å². The number of primary sulfonamides is 1. The maximum atomic E-state index is 11.8. The summed E-state index contributed by atoms with van der Waals surface area (Å²) in [5.74, 6) is 0.889. The molecule has 3 N–H and O–H groups in total. The van der Waals surface area contributed by atoms with Gasteiger partial charge in [-0.25, -0.2) is 13.6 Å². The maximum absolute atomic E-state index is 11.8. The molecule has 7 nitrogen and oxygen atoms in total. The summed E-state index contributed by atoms with van der Waals surface area (Å²) in [4.78, 5) is 5.96. The van der Waals surface area contributed by atoms with Gasteiger partial charge < -0.3 is 14.5 Å². The Morgan fingerprint density at radius 3 is 2.70 bits per heavy atom. The number of aromatic nitrogens is 1. The summed E-state index contributed by atoms with van der Waals surface area (Å²) in [6, 6.07) is 11.3. The Labute approximate surface area is 194 Å². The molecule has 0 aliphatic carbocycles. The van der Waals surface area contributed by atoms with Crippen LogP contribution in [-0.4, -0.2) is 44.2 Å².